The SMILES string of the molecule is O=C(NC/C=C/CO)c1cc(-c2cccs2)on1. The van der Waals surface area contributed by atoms with Crippen LogP contribution in [0.25, 0.3) is 10.6 Å². The van der Waals surface area contributed by atoms with Gasteiger partial charge in [0.25, 0.3) is 5.91 Å². The van der Waals surface area contributed by atoms with E-state index >= 15 is 0 Å². The lowest BCUT2D eigenvalue weighted by Crippen LogP contribution is -2.23. The Labute approximate surface area is 108 Å². The molecule has 2 aromatic heterocycles. The number of amides is 1. The summed E-state index contributed by atoms with van der Waals surface area (Å²) in [5.41, 5.74) is 0.246. The van der Waals surface area contributed by atoms with E-state index in [-0.39, 0.29) is 18.2 Å². The first-order valence-corrected chi connectivity index (χ1v) is 6.24. The molecular weight excluding hydrogens is 252 g/mol. The second kappa shape index (κ2) is 6.13. The van der Waals surface area contributed by atoms with Gasteiger partial charge in [0.15, 0.2) is 11.5 Å². The summed E-state index contributed by atoms with van der Waals surface area (Å²) in [4.78, 5) is 12.6. The van der Waals surface area contributed by atoms with Crippen molar-refractivity contribution in [1.29, 1.82) is 0 Å². The highest BCUT2D eigenvalue weighted by molar-refractivity contribution is 7.13. The van der Waals surface area contributed by atoms with Gasteiger partial charge in [0.1, 0.15) is 0 Å². The summed E-state index contributed by atoms with van der Waals surface area (Å²) < 4.78 is 5.10. The molecule has 0 spiro atoms. The maximum Gasteiger partial charge on any atom is 0.273 e. The van der Waals surface area contributed by atoms with Crippen molar-refractivity contribution in [1.82, 2.24) is 10.5 Å². The topological polar surface area (TPSA) is 75.4 Å². The molecular formula is C12H12N2O3S. The van der Waals surface area contributed by atoms with Crippen molar-refractivity contribution in [2.45, 2.75) is 0 Å². The molecule has 0 saturated heterocycles. The van der Waals surface area contributed by atoms with Crippen LogP contribution in [0.15, 0.2) is 40.3 Å². The van der Waals surface area contributed by atoms with Crippen LogP contribution >= 0.6 is 11.3 Å². The van der Waals surface area contributed by atoms with Crippen LogP contribution in [0.2, 0.25) is 0 Å². The monoisotopic (exact) mass is 264 g/mol. The number of aliphatic hydroxyl groups is 1. The van der Waals surface area contributed by atoms with Gasteiger partial charge in [0.2, 0.25) is 0 Å². The highest BCUT2D eigenvalue weighted by Crippen LogP contribution is 2.24. The molecule has 1 amide bonds. The zero-order chi connectivity index (χ0) is 12.8. The molecule has 6 heteroatoms. The summed E-state index contributed by atoms with van der Waals surface area (Å²) in [5, 5.41) is 16.8. The van der Waals surface area contributed by atoms with Crippen molar-refractivity contribution in [2.75, 3.05) is 13.2 Å². The molecule has 2 rings (SSSR count). The first-order chi connectivity index (χ1) is 8.81. The summed E-state index contributed by atoms with van der Waals surface area (Å²) in [6.45, 7) is 0.308. The Bertz CT molecular complexity index is 531. The molecule has 0 unspecified atom stereocenters. The molecule has 0 aliphatic carbocycles. The number of aliphatic hydroxyl groups excluding tert-OH is 1. The predicted molar refractivity (Wildman–Crippen MR) is 68.4 cm³/mol. The third kappa shape index (κ3) is 3.06. The van der Waals surface area contributed by atoms with E-state index in [4.69, 9.17) is 9.63 Å². The predicted octanol–water partition coefficient (Wildman–Crippen LogP) is 1.68. The van der Waals surface area contributed by atoms with Gasteiger partial charge in [-0.2, -0.15) is 0 Å². The van der Waals surface area contributed by atoms with Gasteiger partial charge >= 0.3 is 0 Å². The van der Waals surface area contributed by atoms with Crippen LogP contribution in [-0.2, 0) is 0 Å². The molecule has 2 aromatic rings. The van der Waals surface area contributed by atoms with Gasteiger partial charge in [-0.25, -0.2) is 0 Å². The van der Waals surface area contributed by atoms with Gasteiger partial charge < -0.3 is 14.9 Å². The molecule has 18 heavy (non-hydrogen) atoms. The average molecular weight is 264 g/mol. The molecule has 0 saturated carbocycles. The number of hydrogen-bond donors (Lipinski definition) is 2. The van der Waals surface area contributed by atoms with Crippen LogP contribution in [0.3, 0.4) is 0 Å². The first kappa shape index (κ1) is 12.5. The van der Waals surface area contributed by atoms with Crippen molar-refractivity contribution >= 4 is 17.2 Å². The Morgan fingerprint density at radius 3 is 3.17 bits per heavy atom. The third-order valence-electron chi connectivity index (χ3n) is 2.16. The van der Waals surface area contributed by atoms with Gasteiger partial charge in [-0.1, -0.05) is 23.4 Å². The van der Waals surface area contributed by atoms with Crippen molar-refractivity contribution in [3.05, 3.63) is 41.4 Å². The van der Waals surface area contributed by atoms with E-state index in [1.165, 1.54) is 11.3 Å². The molecule has 0 bridgehead atoms. The fourth-order valence-corrected chi connectivity index (χ4v) is 1.99. The lowest BCUT2D eigenvalue weighted by atomic mass is 10.3. The minimum atomic E-state index is -0.302. The second-order valence-electron chi connectivity index (χ2n) is 3.42. The highest BCUT2D eigenvalue weighted by Gasteiger charge is 2.13. The molecule has 0 aromatic carbocycles. The lowest BCUT2D eigenvalue weighted by Gasteiger charge is -1.96. The Kier molecular flexibility index (Phi) is 4.27. The van der Waals surface area contributed by atoms with E-state index in [1.807, 2.05) is 17.5 Å². The molecule has 2 N–H and O–H groups in total. The van der Waals surface area contributed by atoms with E-state index in [0.29, 0.717) is 12.3 Å². The molecule has 0 fully saturated rings. The largest absolute Gasteiger partial charge is 0.392 e. The molecule has 0 atom stereocenters. The van der Waals surface area contributed by atoms with Gasteiger partial charge in [-0.05, 0) is 11.4 Å². The van der Waals surface area contributed by atoms with Crippen LogP contribution in [0.4, 0.5) is 0 Å². The molecule has 0 radical (unpaired) electrons. The number of carbonyl (C=O) groups is 1. The summed E-state index contributed by atoms with van der Waals surface area (Å²) in [6, 6.07) is 5.41. The quantitative estimate of drug-likeness (QED) is 0.806. The Balaban J connectivity index is 1.97. The lowest BCUT2D eigenvalue weighted by molar-refractivity contribution is 0.0949. The van der Waals surface area contributed by atoms with Crippen molar-refractivity contribution < 1.29 is 14.4 Å². The standard InChI is InChI=1S/C12H12N2O3S/c15-6-2-1-5-13-12(16)9-8-10(17-14-9)11-4-3-7-18-11/h1-4,7-8,15H,5-6H2,(H,13,16)/b2-1+. The number of thiophene rings is 1. The van der Waals surface area contributed by atoms with E-state index in [9.17, 15) is 4.79 Å². The van der Waals surface area contributed by atoms with Crippen LogP contribution in [-0.4, -0.2) is 29.3 Å². The number of nitrogens with zero attached hydrogens (tertiary/aromatic N) is 1. The molecule has 0 aliphatic heterocycles. The Hall–Kier alpha value is -1.92. The van der Waals surface area contributed by atoms with Crippen molar-refractivity contribution in [3.8, 4) is 10.6 Å². The minimum absolute atomic E-state index is 0.0393. The Morgan fingerprint density at radius 1 is 1.56 bits per heavy atom. The van der Waals surface area contributed by atoms with Gasteiger partial charge in [-0.15, -0.1) is 11.3 Å². The maximum atomic E-state index is 11.7. The first-order valence-electron chi connectivity index (χ1n) is 5.36. The van der Waals surface area contributed by atoms with E-state index in [2.05, 4.69) is 10.5 Å². The second-order valence-corrected chi connectivity index (χ2v) is 4.37. The van der Waals surface area contributed by atoms with Crippen LogP contribution in [0, 0.1) is 0 Å². The molecule has 5 nitrogen and oxygen atoms in total. The zero-order valence-electron chi connectivity index (χ0n) is 9.50. The summed E-state index contributed by atoms with van der Waals surface area (Å²) in [7, 11) is 0. The van der Waals surface area contributed by atoms with Crippen LogP contribution in [0.1, 0.15) is 10.5 Å². The third-order valence-corrected chi connectivity index (χ3v) is 3.04. The van der Waals surface area contributed by atoms with E-state index in [0.717, 1.165) is 4.88 Å². The summed E-state index contributed by atoms with van der Waals surface area (Å²) in [6.07, 6.45) is 3.22. The van der Waals surface area contributed by atoms with Crippen molar-refractivity contribution in [2.24, 2.45) is 0 Å². The minimum Gasteiger partial charge on any atom is -0.392 e. The fourth-order valence-electron chi connectivity index (χ4n) is 1.32. The number of nitrogens with one attached hydrogen (secondary N) is 1. The van der Waals surface area contributed by atoms with Crippen molar-refractivity contribution in [3.63, 3.8) is 0 Å². The summed E-state index contributed by atoms with van der Waals surface area (Å²) >= 11 is 1.52. The van der Waals surface area contributed by atoms with Crippen LogP contribution < -0.4 is 5.32 Å². The van der Waals surface area contributed by atoms with Crippen LogP contribution in [0.5, 0.6) is 0 Å². The van der Waals surface area contributed by atoms with E-state index in [1.54, 1.807) is 18.2 Å². The normalized spacial score (nSPS) is 10.9. The molecule has 2 heterocycles. The smallest absolute Gasteiger partial charge is 0.273 e. The number of carbonyl (C=O) groups excluding carboxylic acids is 1. The Morgan fingerprint density at radius 2 is 2.44 bits per heavy atom. The number of rotatable bonds is 5. The maximum absolute atomic E-state index is 11.7. The van der Waals surface area contributed by atoms with E-state index < -0.39 is 0 Å². The highest BCUT2D eigenvalue weighted by atomic mass is 32.1. The molecule has 94 valence electrons. The number of hydrogen-bond acceptors (Lipinski definition) is 5. The average Bonchev–Trinajstić information content (AvgIpc) is 3.03. The summed E-state index contributed by atoms with van der Waals surface area (Å²) in [5.74, 6) is 0.283. The van der Waals surface area contributed by atoms with Gasteiger partial charge in [-0.3, -0.25) is 4.79 Å². The fraction of sp³-hybridized carbons (Fsp3) is 0.167. The van der Waals surface area contributed by atoms with Gasteiger partial charge in [0, 0.05) is 12.6 Å². The number of aromatic nitrogens is 1. The van der Waals surface area contributed by atoms with Gasteiger partial charge in [0.05, 0.1) is 11.5 Å². The zero-order valence-corrected chi connectivity index (χ0v) is 10.3. The molecule has 0 aliphatic rings.